The number of fused-ring (bicyclic) bond motifs is 1. The lowest BCUT2D eigenvalue weighted by atomic mass is 9.97. The van der Waals surface area contributed by atoms with Gasteiger partial charge >= 0.3 is 0 Å². The maximum absolute atomic E-state index is 12.6. The van der Waals surface area contributed by atoms with Crippen LogP contribution in [0.2, 0.25) is 10.0 Å². The summed E-state index contributed by atoms with van der Waals surface area (Å²) in [5.41, 5.74) is 2.37. The summed E-state index contributed by atoms with van der Waals surface area (Å²) in [5.74, 6) is 0.695. The fraction of sp³-hybridized carbons (Fsp3) is 0.235. The molecular weight excluding hydrogens is 307 g/mol. The molecule has 0 N–H and O–H groups in total. The first-order valence-corrected chi connectivity index (χ1v) is 7.63. The Kier molecular flexibility index (Phi) is 4.18. The number of Topliss-reactive ketones (excluding diaryl/α,β-unsaturated/α-hetero) is 1. The smallest absolute Gasteiger partial charge is 0.171 e. The normalized spacial score (nSPS) is 13.4. The SMILES string of the molecule is O=C(Cc1c(Cl)cccc1Cl)c1cccc2c1OCCC2. The number of ether oxygens (including phenoxy) is 1. The van der Waals surface area contributed by atoms with Gasteiger partial charge in [0, 0.05) is 16.5 Å². The summed E-state index contributed by atoms with van der Waals surface area (Å²) in [4.78, 5) is 12.6. The second kappa shape index (κ2) is 6.08. The number of ketones is 1. The zero-order valence-electron chi connectivity index (χ0n) is 11.4. The van der Waals surface area contributed by atoms with Crippen LogP contribution >= 0.6 is 23.2 Å². The molecule has 1 heterocycles. The molecule has 1 aliphatic heterocycles. The van der Waals surface area contributed by atoms with Crippen LogP contribution in [0.4, 0.5) is 0 Å². The molecule has 0 fully saturated rings. The van der Waals surface area contributed by atoms with Crippen LogP contribution in [0.3, 0.4) is 0 Å². The van der Waals surface area contributed by atoms with Gasteiger partial charge in [-0.25, -0.2) is 0 Å². The third-order valence-electron chi connectivity index (χ3n) is 3.63. The van der Waals surface area contributed by atoms with E-state index in [-0.39, 0.29) is 12.2 Å². The van der Waals surface area contributed by atoms with E-state index < -0.39 is 0 Å². The van der Waals surface area contributed by atoms with Crippen molar-refractivity contribution in [1.82, 2.24) is 0 Å². The van der Waals surface area contributed by atoms with Gasteiger partial charge in [0.1, 0.15) is 5.75 Å². The quantitative estimate of drug-likeness (QED) is 0.763. The first-order chi connectivity index (χ1) is 10.2. The first kappa shape index (κ1) is 14.4. The highest BCUT2D eigenvalue weighted by Crippen LogP contribution is 2.31. The zero-order chi connectivity index (χ0) is 14.8. The summed E-state index contributed by atoms with van der Waals surface area (Å²) in [6.07, 6.45) is 2.11. The minimum atomic E-state index is -0.0243. The van der Waals surface area contributed by atoms with Crippen molar-refractivity contribution >= 4 is 29.0 Å². The summed E-state index contributed by atoms with van der Waals surface area (Å²) in [6.45, 7) is 0.657. The van der Waals surface area contributed by atoms with Gasteiger partial charge in [-0.1, -0.05) is 41.4 Å². The molecule has 0 atom stereocenters. The number of carbonyl (C=O) groups is 1. The van der Waals surface area contributed by atoms with E-state index in [0.717, 1.165) is 24.2 Å². The molecule has 108 valence electrons. The highest BCUT2D eigenvalue weighted by molar-refractivity contribution is 6.36. The van der Waals surface area contributed by atoms with Gasteiger partial charge in [-0.05, 0) is 42.2 Å². The van der Waals surface area contributed by atoms with E-state index in [1.165, 1.54) is 0 Å². The summed E-state index contributed by atoms with van der Waals surface area (Å²) >= 11 is 12.3. The molecule has 2 nitrogen and oxygen atoms in total. The van der Waals surface area contributed by atoms with E-state index in [9.17, 15) is 4.79 Å². The van der Waals surface area contributed by atoms with Gasteiger partial charge < -0.3 is 4.74 Å². The van der Waals surface area contributed by atoms with Crippen LogP contribution in [-0.4, -0.2) is 12.4 Å². The Hall–Kier alpha value is -1.51. The van der Waals surface area contributed by atoms with Crippen LogP contribution in [0.1, 0.15) is 27.9 Å². The van der Waals surface area contributed by atoms with Crippen molar-refractivity contribution in [3.63, 3.8) is 0 Å². The lowest BCUT2D eigenvalue weighted by molar-refractivity contribution is 0.0988. The molecule has 4 heteroatoms. The fourth-order valence-corrected chi connectivity index (χ4v) is 3.10. The van der Waals surface area contributed by atoms with Gasteiger partial charge in [-0.2, -0.15) is 0 Å². The summed E-state index contributed by atoms with van der Waals surface area (Å²) in [7, 11) is 0. The molecule has 0 amide bonds. The number of rotatable bonds is 3. The molecule has 0 unspecified atom stereocenters. The zero-order valence-corrected chi connectivity index (χ0v) is 12.9. The Morgan fingerprint density at radius 3 is 2.57 bits per heavy atom. The van der Waals surface area contributed by atoms with Crippen molar-refractivity contribution in [3.05, 3.63) is 63.1 Å². The number of hydrogen-bond acceptors (Lipinski definition) is 2. The molecule has 0 aliphatic carbocycles. The second-order valence-electron chi connectivity index (χ2n) is 5.05. The number of para-hydroxylation sites is 1. The molecule has 0 saturated heterocycles. The van der Waals surface area contributed by atoms with Crippen molar-refractivity contribution in [2.75, 3.05) is 6.61 Å². The number of aryl methyl sites for hydroxylation is 1. The fourth-order valence-electron chi connectivity index (χ4n) is 2.57. The van der Waals surface area contributed by atoms with E-state index in [2.05, 4.69) is 0 Å². The van der Waals surface area contributed by atoms with E-state index in [4.69, 9.17) is 27.9 Å². The standard InChI is InChI=1S/C17H14Cl2O2/c18-14-7-2-8-15(19)13(14)10-16(20)12-6-1-4-11-5-3-9-21-17(11)12/h1-2,4,6-8H,3,5,9-10H2. The first-order valence-electron chi connectivity index (χ1n) is 6.87. The van der Waals surface area contributed by atoms with Gasteiger partial charge in [0.2, 0.25) is 0 Å². The Bertz CT molecular complexity index is 675. The molecule has 2 aromatic rings. The summed E-state index contributed by atoms with van der Waals surface area (Å²) < 4.78 is 5.69. The van der Waals surface area contributed by atoms with Gasteiger partial charge in [0.15, 0.2) is 5.78 Å². The largest absolute Gasteiger partial charge is 0.493 e. The Balaban J connectivity index is 1.93. The summed E-state index contributed by atoms with van der Waals surface area (Å²) in [5, 5.41) is 1.03. The topological polar surface area (TPSA) is 26.3 Å². The monoisotopic (exact) mass is 320 g/mol. The minimum absolute atomic E-state index is 0.0243. The van der Waals surface area contributed by atoms with Gasteiger partial charge in [-0.3, -0.25) is 4.79 Å². The number of hydrogen-bond donors (Lipinski definition) is 0. The number of halogens is 2. The molecule has 2 aromatic carbocycles. The maximum atomic E-state index is 12.6. The van der Waals surface area contributed by atoms with Crippen molar-refractivity contribution in [2.45, 2.75) is 19.3 Å². The van der Waals surface area contributed by atoms with Gasteiger partial charge in [-0.15, -0.1) is 0 Å². The lowest BCUT2D eigenvalue weighted by Crippen LogP contribution is -2.14. The van der Waals surface area contributed by atoms with E-state index >= 15 is 0 Å². The molecule has 1 aliphatic rings. The molecule has 0 aromatic heterocycles. The van der Waals surface area contributed by atoms with Crippen LogP contribution in [0.25, 0.3) is 0 Å². The van der Waals surface area contributed by atoms with Crippen molar-refractivity contribution in [2.24, 2.45) is 0 Å². The molecule has 0 bridgehead atoms. The minimum Gasteiger partial charge on any atom is -0.493 e. The predicted molar refractivity (Wildman–Crippen MR) is 84.8 cm³/mol. The molecular formula is C17H14Cl2O2. The lowest BCUT2D eigenvalue weighted by Gasteiger charge is -2.19. The van der Waals surface area contributed by atoms with Gasteiger partial charge in [0.25, 0.3) is 0 Å². The molecule has 21 heavy (non-hydrogen) atoms. The van der Waals surface area contributed by atoms with E-state index in [0.29, 0.717) is 27.8 Å². The van der Waals surface area contributed by atoms with E-state index in [1.807, 2.05) is 12.1 Å². The molecule has 0 radical (unpaired) electrons. The number of carbonyl (C=O) groups excluding carboxylic acids is 1. The van der Waals surface area contributed by atoms with Crippen LogP contribution in [0, 0.1) is 0 Å². The van der Waals surface area contributed by atoms with Crippen molar-refractivity contribution in [3.8, 4) is 5.75 Å². The molecule has 0 saturated carbocycles. The molecule has 0 spiro atoms. The maximum Gasteiger partial charge on any atom is 0.171 e. The third-order valence-corrected chi connectivity index (χ3v) is 4.34. The van der Waals surface area contributed by atoms with Crippen molar-refractivity contribution in [1.29, 1.82) is 0 Å². The average molecular weight is 321 g/mol. The second-order valence-corrected chi connectivity index (χ2v) is 5.86. The van der Waals surface area contributed by atoms with Gasteiger partial charge in [0.05, 0.1) is 12.2 Å². The van der Waals surface area contributed by atoms with E-state index in [1.54, 1.807) is 24.3 Å². The van der Waals surface area contributed by atoms with Crippen LogP contribution in [0.5, 0.6) is 5.75 Å². The number of benzene rings is 2. The van der Waals surface area contributed by atoms with Crippen molar-refractivity contribution < 1.29 is 9.53 Å². The highest BCUT2D eigenvalue weighted by atomic mass is 35.5. The average Bonchev–Trinajstić information content (AvgIpc) is 2.50. The Morgan fingerprint density at radius 2 is 1.81 bits per heavy atom. The summed E-state index contributed by atoms with van der Waals surface area (Å²) in [6, 6.07) is 11.0. The predicted octanol–water partition coefficient (Wildman–Crippen LogP) is 4.74. The van der Waals surface area contributed by atoms with Crippen LogP contribution < -0.4 is 4.74 Å². The Labute approximate surface area is 133 Å². The third kappa shape index (κ3) is 2.92. The Morgan fingerprint density at radius 1 is 1.10 bits per heavy atom. The van der Waals surface area contributed by atoms with Crippen LogP contribution in [0.15, 0.2) is 36.4 Å². The molecule has 3 rings (SSSR count). The highest BCUT2D eigenvalue weighted by Gasteiger charge is 2.20. The van der Waals surface area contributed by atoms with Crippen LogP contribution in [-0.2, 0) is 12.8 Å².